The maximum atomic E-state index is 12.7. The van der Waals surface area contributed by atoms with Gasteiger partial charge in [-0.1, -0.05) is 37.4 Å². The van der Waals surface area contributed by atoms with E-state index in [0.717, 1.165) is 71.3 Å². The van der Waals surface area contributed by atoms with E-state index in [9.17, 15) is 18.7 Å². The number of nitrogen functional groups attached to an aromatic ring is 1. The number of rotatable bonds is 22. The van der Waals surface area contributed by atoms with Crippen LogP contribution < -0.4 is 87.5 Å². The van der Waals surface area contributed by atoms with E-state index < -0.39 is 19.5 Å². The smallest absolute Gasteiger partial charge is 0.662 e. The van der Waals surface area contributed by atoms with Crippen LogP contribution in [0.1, 0.15) is 0 Å². The summed E-state index contributed by atoms with van der Waals surface area (Å²) >= 11 is 4.71. The predicted octanol–water partition coefficient (Wildman–Crippen LogP) is 4.50. The first-order valence-electron chi connectivity index (χ1n) is 23.6. The molecule has 0 atom stereocenters. The van der Waals surface area contributed by atoms with E-state index in [1.807, 2.05) is 113 Å². The molecule has 0 unspecified atom stereocenters. The molecule has 0 aliphatic rings. The molecule has 0 radical (unpaired) electrons. The van der Waals surface area contributed by atoms with Crippen molar-refractivity contribution < 1.29 is 63.2 Å². The largest absolute Gasteiger partial charge is 1.00 e. The summed E-state index contributed by atoms with van der Waals surface area (Å²) in [7, 11) is 7.25. The van der Waals surface area contributed by atoms with Gasteiger partial charge in [0.15, 0.2) is 0 Å². The topological polar surface area (TPSA) is 268 Å². The van der Waals surface area contributed by atoms with Gasteiger partial charge in [0.2, 0.25) is 23.0 Å². The van der Waals surface area contributed by atoms with Gasteiger partial charge in [-0.25, -0.2) is 9.97 Å². The van der Waals surface area contributed by atoms with Crippen molar-refractivity contribution >= 4 is 123 Å². The van der Waals surface area contributed by atoms with Crippen molar-refractivity contribution in [2.75, 3.05) is 137 Å². The SMILES string of the molecule is C=CC(=O)Cl.C=CC(=O)Nc1cc(Nc2nccc(Nc3ccccc3P(C)(C)=O)n2)ccc1N(C)CCN(C)C.CN(C)CCN(C)c1ccc(Nc2nccc(Nc3ccccc3P(C)(C)=O)n2)cc1N.O=CO[O-].[Na+]. The Balaban J connectivity index is 0.000000458. The molecule has 6 rings (SSSR count). The Hall–Kier alpha value is -6.64. The van der Waals surface area contributed by atoms with Crippen molar-refractivity contribution in [1.29, 1.82) is 0 Å². The van der Waals surface area contributed by atoms with E-state index in [1.54, 1.807) is 51.2 Å². The van der Waals surface area contributed by atoms with Gasteiger partial charge in [0.05, 0.1) is 34.1 Å². The number of nitrogens with two attached hydrogens (primary N) is 1. The number of amides is 1. The third kappa shape index (κ3) is 23.9. The second-order valence-corrected chi connectivity index (χ2v) is 24.9. The molecule has 0 fully saturated rings. The van der Waals surface area contributed by atoms with Crippen LogP contribution in [0.3, 0.4) is 0 Å². The number of hydrogen-bond acceptors (Lipinski definition) is 20. The van der Waals surface area contributed by atoms with Crippen LogP contribution in [0.25, 0.3) is 0 Å². The van der Waals surface area contributed by atoms with Crippen molar-refractivity contribution in [2.45, 2.75) is 0 Å². The van der Waals surface area contributed by atoms with Gasteiger partial charge in [-0.2, -0.15) is 9.97 Å². The summed E-state index contributed by atoms with van der Waals surface area (Å²) in [6.45, 7) is 16.9. The van der Waals surface area contributed by atoms with Gasteiger partial charge in [0.1, 0.15) is 25.9 Å². The Bertz CT molecular complexity index is 3020. The van der Waals surface area contributed by atoms with E-state index in [0.29, 0.717) is 40.6 Å². The summed E-state index contributed by atoms with van der Waals surface area (Å²) in [5.74, 6) is 1.70. The van der Waals surface area contributed by atoms with Crippen molar-refractivity contribution in [1.82, 2.24) is 29.7 Å². The first-order valence-corrected chi connectivity index (χ1v) is 29.2. The maximum absolute atomic E-state index is 12.7. The average Bonchev–Trinajstić information content (AvgIpc) is 3.37. The summed E-state index contributed by atoms with van der Waals surface area (Å²) < 4.78 is 25.3. The molecule has 7 N–H and O–H groups in total. The number of hydrogen-bond donors (Lipinski definition) is 6. The molecule has 0 bridgehead atoms. The molecule has 25 heteroatoms. The molecule has 0 aliphatic carbocycles. The average molecular weight is 1140 g/mol. The normalized spacial score (nSPS) is 10.5. The first-order chi connectivity index (χ1) is 36.4. The number of halogens is 1. The number of likely N-dealkylation sites (N-methyl/N-ethyl adjacent to an activating group) is 4. The molecule has 78 heavy (non-hydrogen) atoms. The van der Waals surface area contributed by atoms with Crippen LogP contribution in [0.2, 0.25) is 0 Å². The monoisotopic (exact) mass is 1130 g/mol. The quantitative estimate of drug-likeness (QED) is 0.00798. The zero-order valence-corrected chi connectivity index (χ0v) is 50.7. The molecule has 2 heterocycles. The van der Waals surface area contributed by atoms with Gasteiger partial charge in [0.25, 0.3) is 6.47 Å². The molecule has 1 amide bonds. The van der Waals surface area contributed by atoms with Gasteiger partial charge in [0, 0.05) is 74.7 Å². The molecule has 2 aromatic heterocycles. The Kier molecular flexibility index (Phi) is 29.1. The van der Waals surface area contributed by atoms with Gasteiger partial charge >= 0.3 is 29.6 Å². The summed E-state index contributed by atoms with van der Waals surface area (Å²) in [5, 5.41) is 25.3. The van der Waals surface area contributed by atoms with E-state index in [4.69, 9.17) is 27.4 Å². The number of carbonyl (C=O) groups excluding carboxylic acids is 3. The van der Waals surface area contributed by atoms with Crippen molar-refractivity contribution in [3.63, 3.8) is 0 Å². The molecule has 412 valence electrons. The number of carbonyl (C=O) groups is 3. The van der Waals surface area contributed by atoms with E-state index in [-0.39, 0.29) is 41.9 Å². The zero-order valence-electron chi connectivity index (χ0n) is 46.2. The number of allylic oxidation sites excluding steroid dienone is 1. The molecule has 21 nitrogen and oxygen atoms in total. The van der Waals surface area contributed by atoms with E-state index in [1.165, 1.54) is 6.08 Å². The molecule has 4 aromatic carbocycles. The summed E-state index contributed by atoms with van der Waals surface area (Å²) in [5.41, 5.74) is 12.5. The molecule has 6 aromatic rings. The van der Waals surface area contributed by atoms with Crippen LogP contribution in [0.15, 0.2) is 135 Å². The standard InChI is InChI=1S/C26H34N7O2P.C23H32N7OP.C3H3ClO.CH2O3.Na/c1-7-25(34)30-21-18-19(12-13-22(21)33(4)17-16-32(2)3)28-26-27-15-14-24(31-26)29-20-10-8-9-11-23(20)36(5,6)35;1-29(2)14-15-30(3)20-11-10-17(16-18(20)24)26-23-25-13-12-22(28-23)27-19-8-6-7-9-21(19)32(4,5)31;1-2-3(4)5;2-1-4-3;/h7-15,18H,1,16-17H2,2-6H3,(H,30,34)(H2,27,28,29,31);6-13,16H,14-15,24H2,1-5H3,(H2,25,26,27,28);2H,1H2;1,3H;/q;;;;+1/p-1. The number of anilines is 12. The second kappa shape index (κ2) is 33.6. The Morgan fingerprint density at radius 1 is 0.641 bits per heavy atom. The number of aromatic nitrogens is 4. The maximum Gasteiger partial charge on any atom is 1.00 e. The third-order valence-corrected chi connectivity index (χ3v) is 13.8. The number of benzene rings is 4. The minimum atomic E-state index is -2.47. The predicted molar refractivity (Wildman–Crippen MR) is 316 cm³/mol. The summed E-state index contributed by atoms with van der Waals surface area (Å²) in [4.78, 5) is 59.0. The van der Waals surface area contributed by atoms with Gasteiger partial charge < -0.3 is 71.2 Å². The van der Waals surface area contributed by atoms with Gasteiger partial charge in [-0.05, 0) is 151 Å². The fourth-order valence-electron chi connectivity index (χ4n) is 6.76. The molecular weight excluding hydrogens is 1070 g/mol. The minimum Gasteiger partial charge on any atom is -0.662 e. The van der Waals surface area contributed by atoms with E-state index >= 15 is 0 Å². The minimum absolute atomic E-state index is 0. The van der Waals surface area contributed by atoms with Crippen LogP contribution in [0, 0.1) is 0 Å². The number of nitrogens with one attached hydrogen (secondary N) is 5. The van der Waals surface area contributed by atoms with Crippen LogP contribution in [-0.2, 0) is 28.4 Å². The van der Waals surface area contributed by atoms with E-state index in [2.05, 4.69) is 98.3 Å². The summed E-state index contributed by atoms with van der Waals surface area (Å²) in [6.07, 6.45) is 5.60. The molecular formula is C53H70ClN14NaO7P2. The van der Waals surface area contributed by atoms with Crippen molar-refractivity contribution in [3.8, 4) is 0 Å². The molecule has 0 spiro atoms. The van der Waals surface area contributed by atoms with Crippen LogP contribution >= 0.6 is 25.9 Å². The second-order valence-electron chi connectivity index (χ2n) is 18.1. The molecule has 0 saturated carbocycles. The number of nitrogens with zero attached hydrogens (tertiary/aromatic N) is 8. The third-order valence-electron chi connectivity index (χ3n) is 10.6. The Labute approximate surface area is 485 Å². The molecule has 0 saturated heterocycles. The number of para-hydroxylation sites is 2. The molecule has 0 aliphatic heterocycles. The van der Waals surface area contributed by atoms with Gasteiger partial charge in [-0.15, -0.1) is 0 Å². The fraction of sp³-hybridized carbons (Fsp3) is 0.264. The first kappa shape index (κ1) is 67.5. The summed E-state index contributed by atoms with van der Waals surface area (Å²) in [6, 6.07) is 30.1. The fourth-order valence-corrected chi connectivity index (χ4v) is 9.07. The Morgan fingerprint density at radius 3 is 1.44 bits per heavy atom. The van der Waals surface area contributed by atoms with Crippen molar-refractivity contribution in [2.24, 2.45) is 0 Å². The Morgan fingerprint density at radius 2 is 1.05 bits per heavy atom. The van der Waals surface area contributed by atoms with Crippen LogP contribution in [0.5, 0.6) is 0 Å². The van der Waals surface area contributed by atoms with Crippen LogP contribution in [0.4, 0.5) is 69.0 Å². The van der Waals surface area contributed by atoms with Crippen LogP contribution in [-0.4, -0.2) is 142 Å². The zero-order chi connectivity index (χ0) is 57.3. The van der Waals surface area contributed by atoms with Crippen molar-refractivity contribution in [3.05, 3.63) is 135 Å². The van der Waals surface area contributed by atoms with Gasteiger partial charge in [-0.3, -0.25) is 14.4 Å².